The monoisotopic (exact) mass is 275 g/mol. The molecule has 2 rings (SSSR count). The topological polar surface area (TPSA) is 28.2 Å². The minimum Gasteiger partial charge on any atom is -0.354 e. The highest BCUT2D eigenvalue weighted by Gasteiger charge is 2.29. The molecule has 0 aliphatic heterocycles. The first-order valence-corrected chi connectivity index (χ1v) is 7.88. The molecule has 1 N–H and O–H groups in total. The summed E-state index contributed by atoms with van der Waals surface area (Å²) in [4.78, 5) is 7.25. The fraction of sp³-hybridized carbons (Fsp3) is 0.706. The lowest BCUT2D eigenvalue weighted by Crippen LogP contribution is -2.35. The summed E-state index contributed by atoms with van der Waals surface area (Å²) in [5, 5.41) is 3.56. The Morgan fingerprint density at radius 2 is 2.00 bits per heavy atom. The highest BCUT2D eigenvalue weighted by Crippen LogP contribution is 2.31. The number of rotatable bonds is 6. The first-order valence-electron chi connectivity index (χ1n) is 7.88. The van der Waals surface area contributed by atoms with Crippen LogP contribution in [0.2, 0.25) is 0 Å². The summed E-state index contributed by atoms with van der Waals surface area (Å²) in [7, 11) is 0. The van der Waals surface area contributed by atoms with E-state index in [1.54, 1.807) is 0 Å². The van der Waals surface area contributed by atoms with Crippen LogP contribution in [0, 0.1) is 6.92 Å². The second-order valence-electron chi connectivity index (χ2n) is 7.00. The van der Waals surface area contributed by atoms with Crippen LogP contribution < -0.4 is 10.2 Å². The minimum atomic E-state index is 0.150. The van der Waals surface area contributed by atoms with Gasteiger partial charge in [-0.2, -0.15) is 0 Å². The molecule has 0 atom stereocenters. The standard InChI is InChI=1S/C17H29N3/c1-6-9-20(15-7-8-15)16-11-14(10-13(2)19-16)12-18-17(3,4)5/h10-11,15,18H,6-9,12H2,1-5H3. The zero-order valence-electron chi connectivity index (χ0n) is 13.7. The van der Waals surface area contributed by atoms with Gasteiger partial charge >= 0.3 is 0 Å². The van der Waals surface area contributed by atoms with E-state index in [0.29, 0.717) is 0 Å². The van der Waals surface area contributed by atoms with E-state index in [1.165, 1.54) is 30.6 Å². The number of pyridine rings is 1. The Bertz CT molecular complexity index is 444. The molecule has 1 heterocycles. The molecule has 1 aromatic rings. The van der Waals surface area contributed by atoms with Crippen molar-refractivity contribution in [1.82, 2.24) is 10.3 Å². The van der Waals surface area contributed by atoms with Crippen molar-refractivity contribution < 1.29 is 0 Å². The third-order valence-electron chi connectivity index (χ3n) is 3.57. The van der Waals surface area contributed by atoms with Crippen LogP contribution in [-0.2, 0) is 6.54 Å². The van der Waals surface area contributed by atoms with Crippen molar-refractivity contribution in [2.45, 2.75) is 72.0 Å². The molecule has 0 bridgehead atoms. The Kier molecular flexibility index (Phi) is 4.69. The molecule has 1 saturated carbocycles. The average molecular weight is 275 g/mol. The van der Waals surface area contributed by atoms with Gasteiger partial charge in [-0.1, -0.05) is 6.92 Å². The smallest absolute Gasteiger partial charge is 0.129 e. The molecule has 3 heteroatoms. The molecule has 0 unspecified atom stereocenters. The summed E-state index contributed by atoms with van der Waals surface area (Å²) in [6.45, 7) is 13.0. The van der Waals surface area contributed by atoms with E-state index in [0.717, 1.165) is 24.8 Å². The molecule has 1 aliphatic rings. The number of aryl methyl sites for hydroxylation is 1. The molecule has 1 fully saturated rings. The van der Waals surface area contributed by atoms with Crippen molar-refractivity contribution in [3.05, 3.63) is 23.4 Å². The van der Waals surface area contributed by atoms with Crippen LogP contribution in [0.3, 0.4) is 0 Å². The molecule has 1 aromatic heterocycles. The molecule has 0 saturated heterocycles. The summed E-state index contributed by atoms with van der Waals surface area (Å²) in [6.07, 6.45) is 3.83. The van der Waals surface area contributed by atoms with Crippen molar-refractivity contribution in [2.24, 2.45) is 0 Å². The van der Waals surface area contributed by atoms with E-state index >= 15 is 0 Å². The first kappa shape index (κ1) is 15.3. The van der Waals surface area contributed by atoms with Gasteiger partial charge in [0, 0.05) is 30.4 Å². The summed E-state index contributed by atoms with van der Waals surface area (Å²) in [5.41, 5.74) is 2.61. The Morgan fingerprint density at radius 1 is 1.30 bits per heavy atom. The van der Waals surface area contributed by atoms with Gasteiger partial charge < -0.3 is 10.2 Å². The summed E-state index contributed by atoms with van der Waals surface area (Å²) in [6, 6.07) is 5.19. The van der Waals surface area contributed by atoms with Gasteiger partial charge in [-0.3, -0.25) is 0 Å². The van der Waals surface area contributed by atoms with Crippen LogP contribution in [0.4, 0.5) is 5.82 Å². The van der Waals surface area contributed by atoms with Gasteiger partial charge in [0.05, 0.1) is 0 Å². The molecule has 0 radical (unpaired) electrons. The molecular weight excluding hydrogens is 246 g/mol. The SMILES string of the molecule is CCCN(c1cc(CNC(C)(C)C)cc(C)n1)C1CC1. The van der Waals surface area contributed by atoms with Crippen molar-refractivity contribution in [3.63, 3.8) is 0 Å². The lowest BCUT2D eigenvalue weighted by molar-refractivity contribution is 0.424. The highest BCUT2D eigenvalue weighted by molar-refractivity contribution is 5.45. The zero-order valence-corrected chi connectivity index (χ0v) is 13.7. The number of nitrogens with zero attached hydrogens (tertiary/aromatic N) is 2. The fourth-order valence-corrected chi connectivity index (χ4v) is 2.45. The molecule has 0 amide bonds. The Hall–Kier alpha value is -1.09. The van der Waals surface area contributed by atoms with Crippen LogP contribution >= 0.6 is 0 Å². The lowest BCUT2D eigenvalue weighted by Gasteiger charge is -2.25. The van der Waals surface area contributed by atoms with Crippen LogP contribution in [0.25, 0.3) is 0 Å². The van der Waals surface area contributed by atoms with Gasteiger partial charge in [-0.05, 0) is 64.7 Å². The number of nitrogens with one attached hydrogen (secondary N) is 1. The van der Waals surface area contributed by atoms with Gasteiger partial charge in [0.15, 0.2) is 0 Å². The first-order chi connectivity index (χ1) is 9.39. The van der Waals surface area contributed by atoms with Crippen LogP contribution in [0.15, 0.2) is 12.1 Å². The lowest BCUT2D eigenvalue weighted by atomic mass is 10.1. The maximum Gasteiger partial charge on any atom is 0.129 e. The molecule has 3 nitrogen and oxygen atoms in total. The minimum absolute atomic E-state index is 0.150. The van der Waals surface area contributed by atoms with Crippen molar-refractivity contribution in [2.75, 3.05) is 11.4 Å². The number of anilines is 1. The largest absolute Gasteiger partial charge is 0.354 e. The summed E-state index contributed by atoms with van der Waals surface area (Å²) in [5.74, 6) is 1.17. The summed E-state index contributed by atoms with van der Waals surface area (Å²) >= 11 is 0. The van der Waals surface area contributed by atoms with Crippen molar-refractivity contribution in [3.8, 4) is 0 Å². The van der Waals surface area contributed by atoms with Crippen LogP contribution in [0.5, 0.6) is 0 Å². The van der Waals surface area contributed by atoms with Gasteiger partial charge in [-0.15, -0.1) is 0 Å². The van der Waals surface area contributed by atoms with E-state index < -0.39 is 0 Å². The predicted molar refractivity (Wildman–Crippen MR) is 86.2 cm³/mol. The molecule has 1 aliphatic carbocycles. The number of hydrogen-bond acceptors (Lipinski definition) is 3. The van der Waals surface area contributed by atoms with Crippen LogP contribution in [0.1, 0.15) is 58.2 Å². The van der Waals surface area contributed by atoms with E-state index in [9.17, 15) is 0 Å². The Labute approximate surface area is 123 Å². The number of aromatic nitrogens is 1. The third-order valence-corrected chi connectivity index (χ3v) is 3.57. The molecule has 0 aromatic carbocycles. The van der Waals surface area contributed by atoms with Gasteiger partial charge in [0.1, 0.15) is 5.82 Å². The zero-order chi connectivity index (χ0) is 14.8. The highest BCUT2D eigenvalue weighted by atomic mass is 15.2. The molecule has 20 heavy (non-hydrogen) atoms. The quantitative estimate of drug-likeness (QED) is 0.859. The van der Waals surface area contributed by atoms with E-state index in [2.05, 4.69) is 57.0 Å². The average Bonchev–Trinajstić information content (AvgIpc) is 3.16. The fourth-order valence-electron chi connectivity index (χ4n) is 2.45. The van der Waals surface area contributed by atoms with E-state index in [4.69, 9.17) is 4.98 Å². The maximum absolute atomic E-state index is 4.76. The normalized spacial score (nSPS) is 15.4. The molecule has 0 spiro atoms. The summed E-state index contributed by atoms with van der Waals surface area (Å²) < 4.78 is 0. The number of hydrogen-bond donors (Lipinski definition) is 1. The molecule has 112 valence electrons. The Balaban J connectivity index is 2.14. The van der Waals surface area contributed by atoms with E-state index in [1.807, 2.05) is 0 Å². The van der Waals surface area contributed by atoms with Gasteiger partial charge in [-0.25, -0.2) is 4.98 Å². The third kappa shape index (κ3) is 4.48. The second kappa shape index (κ2) is 6.13. The molecular formula is C17H29N3. The van der Waals surface area contributed by atoms with E-state index in [-0.39, 0.29) is 5.54 Å². The van der Waals surface area contributed by atoms with Crippen LogP contribution in [-0.4, -0.2) is 23.1 Å². The van der Waals surface area contributed by atoms with Crippen molar-refractivity contribution in [1.29, 1.82) is 0 Å². The maximum atomic E-state index is 4.76. The van der Waals surface area contributed by atoms with Crippen molar-refractivity contribution >= 4 is 5.82 Å². The predicted octanol–water partition coefficient (Wildman–Crippen LogP) is 3.66. The second-order valence-corrected chi connectivity index (χ2v) is 7.00. The Morgan fingerprint density at radius 3 is 2.55 bits per heavy atom. The van der Waals surface area contributed by atoms with Gasteiger partial charge in [0.25, 0.3) is 0 Å². The van der Waals surface area contributed by atoms with Gasteiger partial charge in [0.2, 0.25) is 0 Å².